The molecule has 0 aliphatic heterocycles. The molecule has 0 aromatic carbocycles. The highest BCUT2D eigenvalue weighted by atomic mass is 32.2. The molecule has 0 saturated carbocycles. The SMILES string of the molecule is C=CCNC(=O)C(C)SCCN. The van der Waals surface area contributed by atoms with Gasteiger partial charge in [-0.25, -0.2) is 0 Å². The molecule has 0 aliphatic carbocycles. The predicted octanol–water partition coefficient (Wildman–Crippen LogP) is 0.369. The van der Waals surface area contributed by atoms with Crippen molar-refractivity contribution in [1.29, 1.82) is 0 Å². The van der Waals surface area contributed by atoms with Crippen LogP contribution in [0.15, 0.2) is 12.7 Å². The van der Waals surface area contributed by atoms with Crippen molar-refractivity contribution in [2.45, 2.75) is 12.2 Å². The fourth-order valence-corrected chi connectivity index (χ4v) is 1.36. The molecule has 0 aromatic rings. The molecule has 0 aromatic heterocycles. The van der Waals surface area contributed by atoms with E-state index in [9.17, 15) is 4.79 Å². The molecule has 0 rings (SSSR count). The molecule has 4 heteroatoms. The molecule has 1 unspecified atom stereocenters. The first-order valence-corrected chi connectivity index (χ1v) is 4.97. The average Bonchev–Trinajstić information content (AvgIpc) is 2.10. The van der Waals surface area contributed by atoms with Crippen LogP contribution in [-0.4, -0.2) is 30.0 Å². The molecule has 0 radical (unpaired) electrons. The second kappa shape index (κ2) is 7.18. The lowest BCUT2D eigenvalue weighted by atomic mass is 10.4. The lowest BCUT2D eigenvalue weighted by molar-refractivity contribution is -0.120. The van der Waals surface area contributed by atoms with Crippen molar-refractivity contribution in [2.24, 2.45) is 5.73 Å². The van der Waals surface area contributed by atoms with Gasteiger partial charge in [0.05, 0.1) is 5.25 Å². The Hall–Kier alpha value is -0.480. The van der Waals surface area contributed by atoms with Gasteiger partial charge < -0.3 is 11.1 Å². The van der Waals surface area contributed by atoms with Crippen molar-refractivity contribution in [1.82, 2.24) is 5.32 Å². The van der Waals surface area contributed by atoms with Crippen molar-refractivity contribution in [2.75, 3.05) is 18.8 Å². The minimum absolute atomic E-state index is 0.0199. The van der Waals surface area contributed by atoms with Crippen LogP contribution >= 0.6 is 11.8 Å². The molecule has 0 aliphatic rings. The van der Waals surface area contributed by atoms with E-state index in [4.69, 9.17) is 5.73 Å². The highest BCUT2D eigenvalue weighted by Crippen LogP contribution is 2.08. The summed E-state index contributed by atoms with van der Waals surface area (Å²) in [6, 6.07) is 0. The van der Waals surface area contributed by atoms with Crippen molar-refractivity contribution in [3.8, 4) is 0 Å². The van der Waals surface area contributed by atoms with E-state index in [1.54, 1.807) is 17.8 Å². The third kappa shape index (κ3) is 5.21. The Morgan fingerprint density at radius 3 is 3.00 bits per heavy atom. The lowest BCUT2D eigenvalue weighted by Gasteiger charge is -2.09. The molecule has 0 heterocycles. The number of amides is 1. The average molecular weight is 188 g/mol. The largest absolute Gasteiger partial charge is 0.352 e. The van der Waals surface area contributed by atoms with Gasteiger partial charge in [-0.3, -0.25) is 4.79 Å². The fraction of sp³-hybridized carbons (Fsp3) is 0.625. The normalized spacial score (nSPS) is 12.2. The summed E-state index contributed by atoms with van der Waals surface area (Å²) in [6.07, 6.45) is 1.66. The van der Waals surface area contributed by atoms with E-state index >= 15 is 0 Å². The fourth-order valence-electron chi connectivity index (χ4n) is 0.637. The number of nitrogens with one attached hydrogen (secondary N) is 1. The van der Waals surface area contributed by atoms with Crippen LogP contribution in [0.25, 0.3) is 0 Å². The molecule has 1 amide bonds. The molecule has 3 N–H and O–H groups in total. The molecular formula is C8H16N2OS. The van der Waals surface area contributed by atoms with Gasteiger partial charge in [0.2, 0.25) is 5.91 Å². The first-order valence-electron chi connectivity index (χ1n) is 3.92. The number of carbonyl (C=O) groups excluding carboxylic acids is 1. The molecule has 0 saturated heterocycles. The second-order valence-corrected chi connectivity index (χ2v) is 3.78. The van der Waals surface area contributed by atoms with Crippen LogP contribution in [0.5, 0.6) is 0 Å². The van der Waals surface area contributed by atoms with Crippen molar-refractivity contribution in [3.05, 3.63) is 12.7 Å². The van der Waals surface area contributed by atoms with E-state index in [0.717, 1.165) is 5.75 Å². The Kier molecular flexibility index (Phi) is 6.90. The van der Waals surface area contributed by atoms with Crippen molar-refractivity contribution >= 4 is 17.7 Å². The van der Waals surface area contributed by atoms with Crippen LogP contribution in [-0.2, 0) is 4.79 Å². The number of hydrogen-bond donors (Lipinski definition) is 2. The summed E-state index contributed by atoms with van der Waals surface area (Å²) < 4.78 is 0. The van der Waals surface area contributed by atoms with E-state index in [-0.39, 0.29) is 11.2 Å². The molecule has 3 nitrogen and oxygen atoms in total. The Labute approximate surface area is 77.8 Å². The minimum Gasteiger partial charge on any atom is -0.352 e. The van der Waals surface area contributed by atoms with Gasteiger partial charge >= 0.3 is 0 Å². The van der Waals surface area contributed by atoms with Crippen LogP contribution in [0, 0.1) is 0 Å². The summed E-state index contributed by atoms with van der Waals surface area (Å²) in [7, 11) is 0. The van der Waals surface area contributed by atoms with E-state index in [1.165, 1.54) is 0 Å². The first kappa shape index (κ1) is 11.5. The van der Waals surface area contributed by atoms with Crippen molar-refractivity contribution < 1.29 is 4.79 Å². The number of hydrogen-bond acceptors (Lipinski definition) is 3. The molecule has 12 heavy (non-hydrogen) atoms. The maximum Gasteiger partial charge on any atom is 0.233 e. The maximum absolute atomic E-state index is 11.2. The Morgan fingerprint density at radius 2 is 2.50 bits per heavy atom. The summed E-state index contributed by atoms with van der Waals surface area (Å²) in [5.74, 6) is 0.871. The van der Waals surface area contributed by atoms with Crippen LogP contribution in [0.1, 0.15) is 6.92 Å². The van der Waals surface area contributed by atoms with Gasteiger partial charge in [-0.05, 0) is 6.92 Å². The summed E-state index contributed by atoms with van der Waals surface area (Å²) >= 11 is 1.56. The van der Waals surface area contributed by atoms with E-state index in [0.29, 0.717) is 13.1 Å². The predicted molar refractivity (Wildman–Crippen MR) is 54.2 cm³/mol. The first-order chi connectivity index (χ1) is 5.72. The standard InChI is InChI=1S/C8H16N2OS/c1-3-5-10-8(11)7(2)12-6-4-9/h3,7H,1,4-6,9H2,2H3,(H,10,11). The molecule has 1 atom stereocenters. The van der Waals surface area contributed by atoms with Crippen LogP contribution < -0.4 is 11.1 Å². The van der Waals surface area contributed by atoms with E-state index < -0.39 is 0 Å². The van der Waals surface area contributed by atoms with E-state index in [1.807, 2.05) is 6.92 Å². The summed E-state index contributed by atoms with van der Waals surface area (Å²) in [4.78, 5) is 11.2. The Balaban J connectivity index is 3.53. The zero-order chi connectivity index (χ0) is 9.40. The number of nitrogens with two attached hydrogens (primary N) is 1. The summed E-state index contributed by atoms with van der Waals surface area (Å²) in [5, 5.41) is 2.70. The molecule has 0 fully saturated rings. The smallest absolute Gasteiger partial charge is 0.233 e. The topological polar surface area (TPSA) is 55.1 Å². The second-order valence-electron chi connectivity index (χ2n) is 2.34. The number of thioether (sulfide) groups is 1. The quantitative estimate of drug-likeness (QED) is 0.592. The maximum atomic E-state index is 11.2. The zero-order valence-electron chi connectivity index (χ0n) is 7.38. The third-order valence-electron chi connectivity index (χ3n) is 1.28. The van der Waals surface area contributed by atoms with Crippen LogP contribution in [0.4, 0.5) is 0 Å². The van der Waals surface area contributed by atoms with Gasteiger partial charge in [0, 0.05) is 18.8 Å². The summed E-state index contributed by atoms with van der Waals surface area (Å²) in [5.41, 5.74) is 5.31. The number of rotatable bonds is 6. The van der Waals surface area contributed by atoms with Gasteiger partial charge in [0.15, 0.2) is 0 Å². The zero-order valence-corrected chi connectivity index (χ0v) is 8.19. The molecule has 70 valence electrons. The molecule has 0 bridgehead atoms. The van der Waals surface area contributed by atoms with Crippen LogP contribution in [0.3, 0.4) is 0 Å². The molecule has 0 spiro atoms. The Morgan fingerprint density at radius 1 is 1.83 bits per heavy atom. The molecular weight excluding hydrogens is 172 g/mol. The minimum atomic E-state index is -0.0199. The third-order valence-corrected chi connectivity index (χ3v) is 2.46. The lowest BCUT2D eigenvalue weighted by Crippen LogP contribution is -2.31. The van der Waals surface area contributed by atoms with E-state index in [2.05, 4.69) is 11.9 Å². The van der Waals surface area contributed by atoms with Gasteiger partial charge in [-0.15, -0.1) is 18.3 Å². The van der Waals surface area contributed by atoms with Crippen LogP contribution in [0.2, 0.25) is 0 Å². The van der Waals surface area contributed by atoms with Gasteiger partial charge in [0.25, 0.3) is 0 Å². The number of carbonyl (C=O) groups is 1. The summed E-state index contributed by atoms with van der Waals surface area (Å²) in [6.45, 7) is 6.54. The van der Waals surface area contributed by atoms with Gasteiger partial charge in [-0.2, -0.15) is 0 Å². The highest BCUT2D eigenvalue weighted by Gasteiger charge is 2.10. The monoisotopic (exact) mass is 188 g/mol. The highest BCUT2D eigenvalue weighted by molar-refractivity contribution is 8.00. The van der Waals surface area contributed by atoms with Gasteiger partial charge in [-0.1, -0.05) is 6.08 Å². The van der Waals surface area contributed by atoms with Crippen molar-refractivity contribution in [3.63, 3.8) is 0 Å². The van der Waals surface area contributed by atoms with Gasteiger partial charge in [0.1, 0.15) is 0 Å². The Bertz CT molecular complexity index is 150.